The zero-order chi connectivity index (χ0) is 15.9. The van der Waals surface area contributed by atoms with Crippen LogP contribution in [0.5, 0.6) is 0 Å². The van der Waals surface area contributed by atoms with E-state index in [1.54, 1.807) is 11.4 Å². The van der Waals surface area contributed by atoms with E-state index in [4.69, 9.17) is 0 Å². The third-order valence-corrected chi connectivity index (χ3v) is 3.43. The van der Waals surface area contributed by atoms with Crippen molar-refractivity contribution in [1.29, 1.82) is 0 Å². The molecule has 6 N–H and O–H groups in total. The molecule has 0 aliphatic heterocycles. The molecule has 0 bridgehead atoms. The Kier molecular flexibility index (Phi) is 5.46. The first kappa shape index (κ1) is 15.9. The van der Waals surface area contributed by atoms with Crippen LogP contribution >= 0.6 is 0 Å². The summed E-state index contributed by atoms with van der Waals surface area (Å²) in [6, 6.07) is 12.4. The van der Waals surface area contributed by atoms with Crippen LogP contribution in [0.25, 0.3) is 10.8 Å². The molecule has 0 aromatic heterocycles. The van der Waals surface area contributed by atoms with Crippen LogP contribution in [0.2, 0.25) is 0 Å². The molecule has 0 saturated heterocycles. The number of anilines is 1. The van der Waals surface area contributed by atoms with Crippen molar-refractivity contribution >= 4 is 28.3 Å². The average molecular weight is 302 g/mol. The zero-order valence-electron chi connectivity index (χ0n) is 12.2. The lowest BCUT2D eigenvalue weighted by Crippen LogP contribution is -2.95. The molecular weight excluding hydrogens is 282 g/mol. The van der Waals surface area contributed by atoms with E-state index >= 15 is 0 Å². The standard InChI is InChI=1S/C16H19N3O3/c17-8-9-18-14(16(21)22)10-15(20)19-13-7-3-5-11-4-1-2-6-12(11)13/h1-7,14,18H,8-10,17H2,(H,19,20)(H,21,22)/p+1/t14-/m0/s1. The lowest BCUT2D eigenvalue weighted by molar-refractivity contribution is -0.695. The highest BCUT2D eigenvalue weighted by Gasteiger charge is 2.18. The second kappa shape index (κ2) is 7.53. The Balaban J connectivity index is 2.08. The van der Waals surface area contributed by atoms with Gasteiger partial charge in [-0.05, 0) is 11.5 Å². The Bertz CT molecular complexity index is 667. The summed E-state index contributed by atoms with van der Waals surface area (Å²) in [5.41, 5.74) is 4.33. The van der Waals surface area contributed by atoms with E-state index in [0.29, 0.717) is 18.8 Å². The number of benzene rings is 2. The monoisotopic (exact) mass is 302 g/mol. The quantitative estimate of drug-likeness (QED) is 0.554. The first-order valence-corrected chi connectivity index (χ1v) is 7.23. The summed E-state index contributed by atoms with van der Waals surface area (Å²) in [5.74, 6) is -1.58. The molecule has 0 saturated carbocycles. The number of quaternary nitrogens is 2. The van der Waals surface area contributed by atoms with Gasteiger partial charge < -0.3 is 26.3 Å². The summed E-state index contributed by atoms with van der Waals surface area (Å²) < 4.78 is 0. The minimum atomic E-state index is -1.23. The van der Waals surface area contributed by atoms with Crippen LogP contribution in [0.1, 0.15) is 6.42 Å². The van der Waals surface area contributed by atoms with Gasteiger partial charge in [0.1, 0.15) is 19.1 Å². The van der Waals surface area contributed by atoms with Crippen molar-refractivity contribution in [3.05, 3.63) is 42.5 Å². The molecule has 0 heterocycles. The number of carboxylic acids is 1. The van der Waals surface area contributed by atoms with Gasteiger partial charge >= 0.3 is 0 Å². The highest BCUT2D eigenvalue weighted by atomic mass is 16.4. The predicted octanol–water partition coefficient (Wildman–Crippen LogP) is -1.91. The predicted molar refractivity (Wildman–Crippen MR) is 80.5 cm³/mol. The number of nitrogens with two attached hydrogens (primary N) is 1. The summed E-state index contributed by atoms with van der Waals surface area (Å²) in [5, 5.41) is 17.4. The maximum atomic E-state index is 12.1. The van der Waals surface area contributed by atoms with Gasteiger partial charge in [0.25, 0.3) is 0 Å². The zero-order valence-corrected chi connectivity index (χ0v) is 12.2. The van der Waals surface area contributed by atoms with Crippen molar-refractivity contribution in [2.45, 2.75) is 12.5 Å². The molecule has 2 rings (SSSR count). The number of hydrogen-bond acceptors (Lipinski definition) is 3. The maximum absolute atomic E-state index is 12.1. The molecule has 1 amide bonds. The summed E-state index contributed by atoms with van der Waals surface area (Å²) in [6.07, 6.45) is -0.133. The molecule has 0 unspecified atom stereocenters. The third-order valence-electron chi connectivity index (χ3n) is 3.43. The molecule has 0 radical (unpaired) electrons. The van der Waals surface area contributed by atoms with Gasteiger partial charge in [0.2, 0.25) is 5.91 Å². The Labute approximate surface area is 128 Å². The fraction of sp³-hybridized carbons (Fsp3) is 0.250. The lowest BCUT2D eigenvalue weighted by Gasteiger charge is -2.16. The van der Waals surface area contributed by atoms with E-state index in [9.17, 15) is 14.7 Å². The molecule has 2 aromatic carbocycles. The summed E-state index contributed by atoms with van der Waals surface area (Å²) in [6.45, 7) is 1.13. The molecule has 0 aliphatic rings. The number of rotatable bonds is 7. The van der Waals surface area contributed by atoms with Crippen molar-refractivity contribution in [2.75, 3.05) is 18.4 Å². The number of hydrogen-bond donors (Lipinski definition) is 3. The van der Waals surface area contributed by atoms with Gasteiger partial charge in [-0.25, -0.2) is 0 Å². The molecule has 0 aliphatic carbocycles. The van der Waals surface area contributed by atoms with Crippen LogP contribution in [0, 0.1) is 0 Å². The van der Waals surface area contributed by atoms with Gasteiger partial charge in [0.05, 0.1) is 12.4 Å². The molecule has 0 fully saturated rings. The summed E-state index contributed by atoms with van der Waals surface area (Å²) in [7, 11) is 0. The molecule has 2 aromatic rings. The van der Waals surface area contributed by atoms with E-state index in [1.165, 1.54) is 0 Å². The molecule has 116 valence electrons. The van der Waals surface area contributed by atoms with Gasteiger partial charge in [0, 0.05) is 11.1 Å². The number of carbonyl (C=O) groups excluding carboxylic acids is 2. The number of aliphatic carboxylic acids is 1. The second-order valence-electron chi connectivity index (χ2n) is 5.08. The highest BCUT2D eigenvalue weighted by Crippen LogP contribution is 2.22. The van der Waals surface area contributed by atoms with Gasteiger partial charge in [-0.15, -0.1) is 0 Å². The first-order chi connectivity index (χ1) is 10.6. The molecule has 1 atom stereocenters. The normalized spacial score (nSPS) is 12.0. The molecule has 6 nitrogen and oxygen atoms in total. The van der Waals surface area contributed by atoms with Crippen molar-refractivity contribution < 1.29 is 25.7 Å². The van der Waals surface area contributed by atoms with Crippen molar-refractivity contribution in [1.82, 2.24) is 0 Å². The summed E-state index contributed by atoms with van der Waals surface area (Å²) >= 11 is 0. The Morgan fingerprint density at radius 3 is 2.64 bits per heavy atom. The SMILES string of the molecule is [NH3+]CC[NH2+][C@@H](CC(=O)Nc1cccc2ccccc12)C(=O)[O-]. The van der Waals surface area contributed by atoms with E-state index in [2.05, 4.69) is 11.1 Å². The van der Waals surface area contributed by atoms with Crippen LogP contribution in [-0.2, 0) is 9.59 Å². The average Bonchev–Trinajstić information content (AvgIpc) is 2.51. The number of nitrogens with one attached hydrogen (secondary N) is 1. The fourth-order valence-corrected chi connectivity index (χ4v) is 2.32. The van der Waals surface area contributed by atoms with Crippen LogP contribution in [-0.4, -0.2) is 31.0 Å². The molecule has 6 heteroatoms. The minimum Gasteiger partial charge on any atom is -0.544 e. The van der Waals surface area contributed by atoms with Crippen LogP contribution in [0.15, 0.2) is 42.5 Å². The van der Waals surface area contributed by atoms with Crippen molar-refractivity contribution in [3.8, 4) is 0 Å². The van der Waals surface area contributed by atoms with Gasteiger partial charge in [-0.2, -0.15) is 0 Å². The number of fused-ring (bicyclic) bond motifs is 1. The molecular formula is C16H20N3O3+. The number of carboxylic acid groups (broad SMARTS) is 1. The number of amides is 1. The minimum absolute atomic E-state index is 0.133. The Morgan fingerprint density at radius 2 is 1.91 bits per heavy atom. The molecule has 0 spiro atoms. The van der Waals surface area contributed by atoms with Crippen LogP contribution in [0.3, 0.4) is 0 Å². The van der Waals surface area contributed by atoms with E-state index in [0.717, 1.165) is 10.8 Å². The largest absolute Gasteiger partial charge is 0.544 e. The summed E-state index contributed by atoms with van der Waals surface area (Å²) in [4.78, 5) is 23.2. The third kappa shape index (κ3) is 4.03. The maximum Gasteiger partial charge on any atom is 0.230 e. The lowest BCUT2D eigenvalue weighted by atomic mass is 10.1. The number of carbonyl (C=O) groups is 2. The smallest absolute Gasteiger partial charge is 0.230 e. The van der Waals surface area contributed by atoms with E-state index in [-0.39, 0.29) is 12.3 Å². The van der Waals surface area contributed by atoms with Gasteiger partial charge in [-0.3, -0.25) is 4.79 Å². The van der Waals surface area contributed by atoms with Gasteiger partial charge in [-0.1, -0.05) is 36.4 Å². The van der Waals surface area contributed by atoms with Crippen LogP contribution < -0.4 is 21.5 Å². The molecule has 22 heavy (non-hydrogen) atoms. The van der Waals surface area contributed by atoms with Crippen molar-refractivity contribution in [3.63, 3.8) is 0 Å². The Morgan fingerprint density at radius 1 is 1.18 bits per heavy atom. The van der Waals surface area contributed by atoms with Gasteiger partial charge in [0.15, 0.2) is 0 Å². The first-order valence-electron chi connectivity index (χ1n) is 7.23. The second-order valence-corrected chi connectivity index (χ2v) is 5.08. The van der Waals surface area contributed by atoms with E-state index in [1.807, 2.05) is 36.4 Å². The Hall–Kier alpha value is -2.44. The topological polar surface area (TPSA) is 113 Å². The van der Waals surface area contributed by atoms with Crippen LogP contribution in [0.4, 0.5) is 5.69 Å². The fourth-order valence-electron chi connectivity index (χ4n) is 2.32. The highest BCUT2D eigenvalue weighted by molar-refractivity contribution is 6.02. The van der Waals surface area contributed by atoms with E-state index < -0.39 is 12.0 Å². The van der Waals surface area contributed by atoms with Crippen molar-refractivity contribution in [2.24, 2.45) is 0 Å².